The molecule has 1 saturated heterocycles. The molecule has 0 spiro atoms. The molecule has 1 aliphatic rings. The van der Waals surface area contributed by atoms with E-state index < -0.39 is 0 Å². The SMILES string of the molecule is CC(C)(C)Nc1c(C2CCN(C(=O)c3cccnc3)CC2)nc2ccc(F)cn12. The van der Waals surface area contributed by atoms with E-state index >= 15 is 0 Å². The summed E-state index contributed by atoms with van der Waals surface area (Å²) in [5, 5.41) is 3.50. The van der Waals surface area contributed by atoms with Crippen LogP contribution in [0, 0.1) is 5.82 Å². The Hall–Kier alpha value is -2.96. The molecular weight excluding hydrogens is 369 g/mol. The van der Waals surface area contributed by atoms with Gasteiger partial charge in [-0.05, 0) is 57.9 Å². The van der Waals surface area contributed by atoms with E-state index in [2.05, 4.69) is 31.1 Å². The third kappa shape index (κ3) is 4.09. The summed E-state index contributed by atoms with van der Waals surface area (Å²) in [4.78, 5) is 23.4. The third-order valence-corrected chi connectivity index (χ3v) is 5.18. The summed E-state index contributed by atoms with van der Waals surface area (Å²) in [5.41, 5.74) is 2.10. The minimum atomic E-state index is -0.296. The van der Waals surface area contributed by atoms with Gasteiger partial charge >= 0.3 is 0 Å². The van der Waals surface area contributed by atoms with Crippen molar-refractivity contribution in [3.63, 3.8) is 0 Å². The highest BCUT2D eigenvalue weighted by Crippen LogP contribution is 2.35. The maximum Gasteiger partial charge on any atom is 0.255 e. The van der Waals surface area contributed by atoms with Gasteiger partial charge in [0.05, 0.1) is 11.3 Å². The Morgan fingerprint density at radius 3 is 2.62 bits per heavy atom. The molecule has 0 atom stereocenters. The van der Waals surface area contributed by atoms with E-state index in [9.17, 15) is 9.18 Å². The van der Waals surface area contributed by atoms with Crippen molar-refractivity contribution in [2.24, 2.45) is 0 Å². The van der Waals surface area contributed by atoms with Crippen molar-refractivity contribution in [3.05, 3.63) is 59.9 Å². The van der Waals surface area contributed by atoms with Gasteiger partial charge in [0, 0.05) is 43.1 Å². The molecule has 0 radical (unpaired) electrons. The summed E-state index contributed by atoms with van der Waals surface area (Å²) < 4.78 is 15.7. The topological polar surface area (TPSA) is 62.5 Å². The van der Waals surface area contributed by atoms with Crippen LogP contribution < -0.4 is 5.32 Å². The summed E-state index contributed by atoms with van der Waals surface area (Å²) >= 11 is 0. The Kier molecular flexibility index (Phi) is 4.98. The molecule has 0 bridgehead atoms. The molecule has 1 N–H and O–H groups in total. The van der Waals surface area contributed by atoms with Crippen LogP contribution in [0.4, 0.5) is 10.2 Å². The fraction of sp³-hybridized carbons (Fsp3) is 0.409. The molecule has 6 nitrogen and oxygen atoms in total. The van der Waals surface area contributed by atoms with Crippen LogP contribution in [0.1, 0.15) is 55.6 Å². The van der Waals surface area contributed by atoms with E-state index in [1.807, 2.05) is 4.90 Å². The fourth-order valence-electron chi connectivity index (χ4n) is 3.83. The van der Waals surface area contributed by atoms with Gasteiger partial charge in [0.15, 0.2) is 0 Å². The van der Waals surface area contributed by atoms with Gasteiger partial charge in [-0.25, -0.2) is 9.37 Å². The maximum atomic E-state index is 13.9. The lowest BCUT2D eigenvalue weighted by Crippen LogP contribution is -2.38. The highest BCUT2D eigenvalue weighted by atomic mass is 19.1. The summed E-state index contributed by atoms with van der Waals surface area (Å²) in [6.45, 7) is 7.55. The summed E-state index contributed by atoms with van der Waals surface area (Å²) in [6, 6.07) is 6.71. The smallest absolute Gasteiger partial charge is 0.255 e. The molecular formula is C22H26FN5O. The molecule has 29 heavy (non-hydrogen) atoms. The monoisotopic (exact) mass is 395 g/mol. The number of carbonyl (C=O) groups excluding carboxylic acids is 1. The average Bonchev–Trinajstić information content (AvgIpc) is 3.04. The van der Waals surface area contributed by atoms with Crippen LogP contribution in [-0.2, 0) is 0 Å². The molecule has 3 aromatic rings. The van der Waals surface area contributed by atoms with Crippen molar-refractivity contribution in [1.82, 2.24) is 19.3 Å². The minimum absolute atomic E-state index is 0.0154. The molecule has 7 heteroatoms. The second kappa shape index (κ2) is 7.46. The van der Waals surface area contributed by atoms with E-state index in [4.69, 9.17) is 4.98 Å². The largest absolute Gasteiger partial charge is 0.365 e. The van der Waals surface area contributed by atoms with Gasteiger partial charge in [-0.2, -0.15) is 0 Å². The number of nitrogens with zero attached hydrogens (tertiary/aromatic N) is 4. The van der Waals surface area contributed by atoms with Gasteiger partial charge in [0.25, 0.3) is 5.91 Å². The van der Waals surface area contributed by atoms with Crippen molar-refractivity contribution < 1.29 is 9.18 Å². The first-order chi connectivity index (χ1) is 13.8. The van der Waals surface area contributed by atoms with E-state index in [0.717, 1.165) is 30.0 Å². The quantitative estimate of drug-likeness (QED) is 0.725. The number of amides is 1. The number of aromatic nitrogens is 3. The third-order valence-electron chi connectivity index (χ3n) is 5.18. The van der Waals surface area contributed by atoms with E-state index in [0.29, 0.717) is 18.7 Å². The van der Waals surface area contributed by atoms with Crippen molar-refractivity contribution in [2.75, 3.05) is 18.4 Å². The summed E-state index contributed by atoms with van der Waals surface area (Å²) in [5.74, 6) is 0.766. The normalized spacial score (nSPS) is 15.7. The number of carbonyl (C=O) groups is 1. The number of hydrogen-bond donors (Lipinski definition) is 1. The predicted octanol–water partition coefficient (Wildman–Crippen LogP) is 4.10. The Balaban J connectivity index is 1.58. The second-order valence-electron chi connectivity index (χ2n) is 8.60. The lowest BCUT2D eigenvalue weighted by molar-refractivity contribution is 0.0712. The fourth-order valence-corrected chi connectivity index (χ4v) is 3.83. The standard InChI is InChI=1S/C22H26FN5O/c1-22(2,3)26-20-19(25-18-7-6-17(23)14-28(18)20)15-8-11-27(12-9-15)21(29)16-5-4-10-24-13-16/h4-7,10,13-15,26H,8-9,11-12H2,1-3H3. The number of piperidine rings is 1. The van der Waals surface area contributed by atoms with Crippen molar-refractivity contribution in [2.45, 2.75) is 45.1 Å². The highest BCUT2D eigenvalue weighted by Gasteiger charge is 2.29. The first kappa shape index (κ1) is 19.4. The highest BCUT2D eigenvalue weighted by molar-refractivity contribution is 5.93. The first-order valence-corrected chi connectivity index (χ1v) is 9.97. The number of nitrogens with one attached hydrogen (secondary N) is 1. The summed E-state index contributed by atoms with van der Waals surface area (Å²) in [7, 11) is 0. The van der Waals surface area contributed by atoms with Crippen molar-refractivity contribution in [1.29, 1.82) is 0 Å². The molecule has 0 aliphatic carbocycles. The lowest BCUT2D eigenvalue weighted by Gasteiger charge is -2.32. The molecule has 1 aliphatic heterocycles. The number of rotatable bonds is 3. The summed E-state index contributed by atoms with van der Waals surface area (Å²) in [6.07, 6.45) is 6.38. The van der Waals surface area contributed by atoms with Crippen LogP contribution in [0.5, 0.6) is 0 Å². The number of pyridine rings is 2. The van der Waals surface area contributed by atoms with Crippen molar-refractivity contribution in [3.8, 4) is 0 Å². The van der Waals surface area contributed by atoms with Gasteiger partial charge in [0.1, 0.15) is 17.3 Å². The Morgan fingerprint density at radius 1 is 1.21 bits per heavy atom. The average molecular weight is 395 g/mol. The second-order valence-corrected chi connectivity index (χ2v) is 8.60. The molecule has 4 heterocycles. The number of imidazole rings is 1. The number of hydrogen-bond acceptors (Lipinski definition) is 4. The van der Waals surface area contributed by atoms with E-state index in [1.54, 1.807) is 35.0 Å². The van der Waals surface area contributed by atoms with Crippen LogP contribution in [0.2, 0.25) is 0 Å². The molecule has 0 saturated carbocycles. The van der Waals surface area contributed by atoms with Crippen LogP contribution in [-0.4, -0.2) is 43.8 Å². The molecule has 4 rings (SSSR count). The Labute approximate surface area is 169 Å². The van der Waals surface area contributed by atoms with Gasteiger partial charge in [-0.1, -0.05) is 0 Å². The van der Waals surface area contributed by atoms with E-state index in [1.165, 1.54) is 12.3 Å². The zero-order valence-corrected chi connectivity index (χ0v) is 17.0. The van der Waals surface area contributed by atoms with Crippen LogP contribution >= 0.6 is 0 Å². The molecule has 1 amide bonds. The number of fused-ring (bicyclic) bond motifs is 1. The number of halogens is 1. The maximum absolute atomic E-state index is 13.9. The number of anilines is 1. The predicted molar refractivity (Wildman–Crippen MR) is 111 cm³/mol. The first-order valence-electron chi connectivity index (χ1n) is 9.97. The van der Waals surface area contributed by atoms with Crippen LogP contribution in [0.25, 0.3) is 5.65 Å². The van der Waals surface area contributed by atoms with Gasteiger partial charge < -0.3 is 10.2 Å². The molecule has 3 aromatic heterocycles. The Bertz CT molecular complexity index is 1020. The zero-order valence-electron chi connectivity index (χ0n) is 17.0. The van der Waals surface area contributed by atoms with Crippen LogP contribution in [0.15, 0.2) is 42.9 Å². The van der Waals surface area contributed by atoms with Gasteiger partial charge in [0.2, 0.25) is 0 Å². The molecule has 152 valence electrons. The molecule has 0 aromatic carbocycles. The van der Waals surface area contributed by atoms with Gasteiger partial charge in [-0.3, -0.25) is 14.2 Å². The molecule has 1 fully saturated rings. The lowest BCUT2D eigenvalue weighted by atomic mass is 9.92. The minimum Gasteiger partial charge on any atom is -0.365 e. The number of likely N-dealkylation sites (tertiary alicyclic amines) is 1. The van der Waals surface area contributed by atoms with Crippen LogP contribution in [0.3, 0.4) is 0 Å². The van der Waals surface area contributed by atoms with Crippen molar-refractivity contribution >= 4 is 17.4 Å². The molecule has 0 unspecified atom stereocenters. The zero-order chi connectivity index (χ0) is 20.6. The van der Waals surface area contributed by atoms with Gasteiger partial charge in [-0.15, -0.1) is 0 Å². The van der Waals surface area contributed by atoms with E-state index in [-0.39, 0.29) is 23.2 Å². The Morgan fingerprint density at radius 2 is 1.97 bits per heavy atom.